The van der Waals surface area contributed by atoms with Gasteiger partial charge in [0.05, 0.1) is 5.60 Å². The lowest BCUT2D eigenvalue weighted by molar-refractivity contribution is 0.0141. The van der Waals surface area contributed by atoms with Gasteiger partial charge in [0.15, 0.2) is 5.69 Å². The quantitative estimate of drug-likeness (QED) is 0.748. The molecule has 18 heavy (non-hydrogen) atoms. The van der Waals surface area contributed by atoms with Gasteiger partial charge in [-0.15, -0.1) is 0 Å². The molecule has 3 N–H and O–H groups in total. The summed E-state index contributed by atoms with van der Waals surface area (Å²) in [6.45, 7) is 5.83. The lowest BCUT2D eigenvalue weighted by Gasteiger charge is -2.27. The van der Waals surface area contributed by atoms with Crippen LogP contribution < -0.4 is 5.32 Å². The number of hydrogen-bond acceptors (Lipinski definition) is 3. The van der Waals surface area contributed by atoms with Gasteiger partial charge in [-0.3, -0.25) is 9.89 Å². The van der Waals surface area contributed by atoms with Crippen molar-refractivity contribution < 1.29 is 9.90 Å². The van der Waals surface area contributed by atoms with Gasteiger partial charge < -0.3 is 10.4 Å². The third-order valence-electron chi connectivity index (χ3n) is 3.87. The molecular formula is C13H21N3O2. The Kier molecular flexibility index (Phi) is 3.43. The van der Waals surface area contributed by atoms with Crippen LogP contribution in [0.4, 0.5) is 0 Å². The van der Waals surface area contributed by atoms with Crippen molar-refractivity contribution in [3.05, 3.63) is 17.0 Å². The Hall–Kier alpha value is -1.36. The molecule has 2 rings (SSSR count). The maximum absolute atomic E-state index is 12.0. The highest BCUT2D eigenvalue weighted by molar-refractivity contribution is 5.94. The molecule has 1 aromatic rings. The van der Waals surface area contributed by atoms with Crippen LogP contribution in [-0.4, -0.2) is 33.4 Å². The van der Waals surface area contributed by atoms with Gasteiger partial charge in [0.1, 0.15) is 0 Å². The fraction of sp³-hybridized carbons (Fsp3) is 0.692. The fourth-order valence-corrected chi connectivity index (χ4v) is 2.05. The Balaban J connectivity index is 2.00. The van der Waals surface area contributed by atoms with Crippen LogP contribution in [0.1, 0.15) is 48.9 Å². The molecule has 0 bridgehead atoms. The number of carbonyl (C=O) groups is 1. The average molecular weight is 251 g/mol. The zero-order valence-electron chi connectivity index (χ0n) is 11.2. The summed E-state index contributed by atoms with van der Waals surface area (Å²) < 4.78 is 0. The second kappa shape index (κ2) is 4.72. The molecule has 1 atom stereocenters. The first kappa shape index (κ1) is 13.1. The van der Waals surface area contributed by atoms with Crippen molar-refractivity contribution in [3.63, 3.8) is 0 Å². The number of amides is 1. The Morgan fingerprint density at radius 3 is 2.94 bits per heavy atom. The van der Waals surface area contributed by atoms with Crippen LogP contribution >= 0.6 is 0 Å². The molecule has 1 unspecified atom stereocenters. The van der Waals surface area contributed by atoms with Gasteiger partial charge in [0.25, 0.3) is 5.91 Å². The van der Waals surface area contributed by atoms with E-state index in [0.717, 1.165) is 30.5 Å². The molecule has 0 spiro atoms. The Morgan fingerprint density at radius 2 is 2.28 bits per heavy atom. The normalized spacial score (nSPS) is 17.6. The maximum atomic E-state index is 12.0. The number of fused-ring (bicyclic) bond motifs is 1. The molecule has 0 saturated heterocycles. The van der Waals surface area contributed by atoms with E-state index in [-0.39, 0.29) is 18.4 Å². The van der Waals surface area contributed by atoms with E-state index in [1.54, 1.807) is 6.92 Å². The van der Waals surface area contributed by atoms with Crippen molar-refractivity contribution in [2.75, 3.05) is 6.54 Å². The number of hydrogen-bond donors (Lipinski definition) is 3. The number of nitrogens with one attached hydrogen (secondary N) is 2. The molecule has 1 heterocycles. The van der Waals surface area contributed by atoms with E-state index in [4.69, 9.17) is 0 Å². The minimum Gasteiger partial charge on any atom is -0.388 e. The van der Waals surface area contributed by atoms with Crippen LogP contribution in [0.3, 0.4) is 0 Å². The number of aliphatic hydroxyl groups is 1. The molecule has 1 aliphatic rings. The highest BCUT2D eigenvalue weighted by Gasteiger charge is 2.28. The molecule has 1 amide bonds. The van der Waals surface area contributed by atoms with E-state index in [9.17, 15) is 9.90 Å². The summed E-state index contributed by atoms with van der Waals surface area (Å²) in [4.78, 5) is 12.0. The molecule has 1 aromatic heterocycles. The molecule has 5 nitrogen and oxygen atoms in total. The van der Waals surface area contributed by atoms with Crippen molar-refractivity contribution in [1.29, 1.82) is 0 Å². The van der Waals surface area contributed by atoms with Crippen LogP contribution in [0.2, 0.25) is 0 Å². The van der Waals surface area contributed by atoms with Gasteiger partial charge in [0.2, 0.25) is 0 Å². The predicted octanol–water partition coefficient (Wildman–Crippen LogP) is 1.04. The lowest BCUT2D eigenvalue weighted by Crippen LogP contribution is -2.44. The van der Waals surface area contributed by atoms with E-state index >= 15 is 0 Å². The molecule has 5 heteroatoms. The topological polar surface area (TPSA) is 78.0 Å². The number of carbonyl (C=O) groups excluding carboxylic acids is 1. The highest BCUT2D eigenvalue weighted by Crippen LogP contribution is 2.22. The molecule has 0 saturated carbocycles. The number of aromatic amines is 1. The Bertz CT molecular complexity index is 449. The molecule has 0 aliphatic heterocycles. The minimum absolute atomic E-state index is 0.0858. The Morgan fingerprint density at radius 1 is 1.56 bits per heavy atom. The molecule has 0 aromatic carbocycles. The largest absolute Gasteiger partial charge is 0.388 e. The summed E-state index contributed by atoms with van der Waals surface area (Å²) in [5.74, 6) is -0.113. The first-order chi connectivity index (χ1) is 8.42. The number of nitrogens with zero attached hydrogens (tertiary/aromatic N) is 1. The van der Waals surface area contributed by atoms with E-state index < -0.39 is 5.60 Å². The lowest BCUT2D eigenvalue weighted by atomic mass is 9.92. The molecule has 0 radical (unpaired) electrons. The Labute approximate surface area is 107 Å². The van der Waals surface area contributed by atoms with Gasteiger partial charge in [-0.2, -0.15) is 5.10 Å². The average Bonchev–Trinajstić information content (AvgIpc) is 2.87. The molecular weight excluding hydrogens is 230 g/mol. The zero-order chi connectivity index (χ0) is 13.3. The summed E-state index contributed by atoms with van der Waals surface area (Å²) in [6, 6.07) is 0. The molecule has 0 fully saturated rings. The van der Waals surface area contributed by atoms with E-state index in [1.165, 1.54) is 0 Å². The number of rotatable bonds is 4. The second-order valence-corrected chi connectivity index (χ2v) is 5.58. The van der Waals surface area contributed by atoms with Gasteiger partial charge in [-0.05, 0) is 32.1 Å². The first-order valence-corrected chi connectivity index (χ1v) is 6.48. The van der Waals surface area contributed by atoms with Crippen molar-refractivity contribution in [3.8, 4) is 0 Å². The summed E-state index contributed by atoms with van der Waals surface area (Å²) in [5.41, 5.74) is 1.71. The first-order valence-electron chi connectivity index (χ1n) is 6.48. The van der Waals surface area contributed by atoms with E-state index in [0.29, 0.717) is 5.69 Å². The van der Waals surface area contributed by atoms with Crippen LogP contribution in [0, 0.1) is 5.92 Å². The SMILES string of the molecule is CC(C)C(C)(O)CNC(=O)c1n[nH]c2c1CCC2. The van der Waals surface area contributed by atoms with Crippen molar-refractivity contribution in [2.24, 2.45) is 5.92 Å². The summed E-state index contributed by atoms with van der Waals surface area (Å²) in [5, 5.41) is 19.8. The van der Waals surface area contributed by atoms with Crippen molar-refractivity contribution in [2.45, 2.75) is 45.6 Å². The minimum atomic E-state index is -0.894. The number of aromatic nitrogens is 2. The number of aryl methyl sites for hydroxylation is 1. The highest BCUT2D eigenvalue weighted by atomic mass is 16.3. The summed E-state index contributed by atoms with van der Waals surface area (Å²) in [7, 11) is 0. The summed E-state index contributed by atoms with van der Waals surface area (Å²) >= 11 is 0. The van der Waals surface area contributed by atoms with Gasteiger partial charge in [-0.25, -0.2) is 0 Å². The maximum Gasteiger partial charge on any atom is 0.272 e. The van der Waals surface area contributed by atoms with Gasteiger partial charge >= 0.3 is 0 Å². The fourth-order valence-electron chi connectivity index (χ4n) is 2.05. The van der Waals surface area contributed by atoms with Crippen LogP contribution in [0.15, 0.2) is 0 Å². The third kappa shape index (κ3) is 2.41. The van der Waals surface area contributed by atoms with Crippen LogP contribution in [0.25, 0.3) is 0 Å². The van der Waals surface area contributed by atoms with E-state index in [2.05, 4.69) is 15.5 Å². The van der Waals surface area contributed by atoms with Gasteiger partial charge in [0, 0.05) is 17.8 Å². The van der Waals surface area contributed by atoms with Crippen LogP contribution in [0.5, 0.6) is 0 Å². The molecule has 1 aliphatic carbocycles. The summed E-state index contributed by atoms with van der Waals surface area (Å²) in [6.07, 6.45) is 2.96. The van der Waals surface area contributed by atoms with Crippen molar-refractivity contribution in [1.82, 2.24) is 15.5 Å². The monoisotopic (exact) mass is 251 g/mol. The van der Waals surface area contributed by atoms with E-state index in [1.807, 2.05) is 13.8 Å². The molecule has 100 valence electrons. The number of H-pyrrole nitrogens is 1. The predicted molar refractivity (Wildman–Crippen MR) is 68.4 cm³/mol. The zero-order valence-corrected chi connectivity index (χ0v) is 11.2. The third-order valence-corrected chi connectivity index (χ3v) is 3.87. The van der Waals surface area contributed by atoms with Crippen LogP contribution in [-0.2, 0) is 12.8 Å². The van der Waals surface area contributed by atoms with Crippen molar-refractivity contribution >= 4 is 5.91 Å². The second-order valence-electron chi connectivity index (χ2n) is 5.58. The van der Waals surface area contributed by atoms with Gasteiger partial charge in [-0.1, -0.05) is 13.8 Å². The standard InChI is InChI=1S/C13H21N3O2/c1-8(2)13(3,18)7-14-12(17)11-9-5-4-6-10(9)15-16-11/h8,18H,4-7H2,1-3H3,(H,14,17)(H,15,16). The smallest absolute Gasteiger partial charge is 0.272 e.